The molecule has 6 heteroatoms. The predicted octanol–water partition coefficient (Wildman–Crippen LogP) is 4.56. The summed E-state index contributed by atoms with van der Waals surface area (Å²) in [6, 6.07) is 16.1. The highest BCUT2D eigenvalue weighted by molar-refractivity contribution is 6.31. The SMILES string of the molecule is CC(=NNc1ccnc2cc(Cl)ccc12)c1ccc(N2CCOCC2)cc1. The molecule has 0 unspecified atom stereocenters. The average molecular weight is 381 g/mol. The van der Waals surface area contributed by atoms with Crippen LogP contribution in [-0.4, -0.2) is 37.0 Å². The molecule has 27 heavy (non-hydrogen) atoms. The number of benzene rings is 2. The summed E-state index contributed by atoms with van der Waals surface area (Å²) in [4.78, 5) is 6.70. The molecule has 1 saturated heterocycles. The van der Waals surface area contributed by atoms with E-state index < -0.39 is 0 Å². The molecule has 5 nitrogen and oxygen atoms in total. The van der Waals surface area contributed by atoms with Gasteiger partial charge >= 0.3 is 0 Å². The second-order valence-electron chi connectivity index (χ2n) is 6.48. The molecule has 1 N–H and O–H groups in total. The Hall–Kier alpha value is -2.63. The van der Waals surface area contributed by atoms with E-state index in [9.17, 15) is 0 Å². The summed E-state index contributed by atoms with van der Waals surface area (Å²) in [6.45, 7) is 5.45. The van der Waals surface area contributed by atoms with Gasteiger partial charge in [0.15, 0.2) is 0 Å². The molecule has 138 valence electrons. The molecule has 0 amide bonds. The monoisotopic (exact) mass is 380 g/mol. The smallest absolute Gasteiger partial charge is 0.0738 e. The van der Waals surface area contributed by atoms with Gasteiger partial charge in [0.2, 0.25) is 0 Å². The molecule has 0 saturated carbocycles. The average Bonchev–Trinajstić information content (AvgIpc) is 2.72. The zero-order chi connectivity index (χ0) is 18.6. The number of aromatic nitrogens is 1. The van der Waals surface area contributed by atoms with Gasteiger partial charge in [-0.25, -0.2) is 0 Å². The molecule has 1 aromatic heterocycles. The number of hydrogen-bond acceptors (Lipinski definition) is 5. The van der Waals surface area contributed by atoms with Crippen molar-refractivity contribution in [3.05, 3.63) is 65.3 Å². The first kappa shape index (κ1) is 17.8. The van der Waals surface area contributed by atoms with Crippen molar-refractivity contribution in [3.8, 4) is 0 Å². The van der Waals surface area contributed by atoms with Crippen LogP contribution in [0.5, 0.6) is 0 Å². The molecule has 0 spiro atoms. The Morgan fingerprint density at radius 2 is 1.89 bits per heavy atom. The highest BCUT2D eigenvalue weighted by Crippen LogP contribution is 2.24. The van der Waals surface area contributed by atoms with Crippen molar-refractivity contribution in [2.45, 2.75) is 6.92 Å². The van der Waals surface area contributed by atoms with E-state index in [0.29, 0.717) is 5.02 Å². The van der Waals surface area contributed by atoms with Crippen LogP contribution >= 0.6 is 11.6 Å². The zero-order valence-electron chi connectivity index (χ0n) is 15.2. The van der Waals surface area contributed by atoms with Crippen LogP contribution in [0.2, 0.25) is 5.02 Å². The van der Waals surface area contributed by atoms with Gasteiger partial charge in [-0.05, 0) is 48.9 Å². The summed E-state index contributed by atoms with van der Waals surface area (Å²) in [5, 5.41) is 6.21. The van der Waals surface area contributed by atoms with Crippen molar-refractivity contribution in [2.24, 2.45) is 5.10 Å². The molecule has 1 aliphatic rings. The number of ether oxygens (including phenoxy) is 1. The van der Waals surface area contributed by atoms with E-state index >= 15 is 0 Å². The van der Waals surface area contributed by atoms with E-state index in [1.807, 2.05) is 31.2 Å². The number of morpholine rings is 1. The molecule has 0 aliphatic carbocycles. The molecular weight excluding hydrogens is 360 g/mol. The lowest BCUT2D eigenvalue weighted by Crippen LogP contribution is -2.36. The number of hydrogen-bond donors (Lipinski definition) is 1. The maximum atomic E-state index is 6.05. The van der Waals surface area contributed by atoms with E-state index in [1.54, 1.807) is 6.20 Å². The molecule has 1 aliphatic heterocycles. The minimum absolute atomic E-state index is 0.673. The topological polar surface area (TPSA) is 49.8 Å². The Labute approximate surface area is 163 Å². The second-order valence-corrected chi connectivity index (χ2v) is 6.91. The van der Waals surface area contributed by atoms with Crippen LogP contribution in [0.15, 0.2) is 59.8 Å². The van der Waals surface area contributed by atoms with Crippen molar-refractivity contribution in [1.82, 2.24) is 4.98 Å². The highest BCUT2D eigenvalue weighted by Gasteiger charge is 2.11. The Balaban J connectivity index is 1.51. The third kappa shape index (κ3) is 4.04. The van der Waals surface area contributed by atoms with E-state index in [4.69, 9.17) is 16.3 Å². The Bertz CT molecular complexity index is 966. The number of fused-ring (bicyclic) bond motifs is 1. The molecule has 0 bridgehead atoms. The minimum Gasteiger partial charge on any atom is -0.378 e. The van der Waals surface area contributed by atoms with Gasteiger partial charge in [-0.15, -0.1) is 0 Å². The van der Waals surface area contributed by atoms with E-state index in [0.717, 1.165) is 54.2 Å². The second kappa shape index (κ2) is 7.94. The summed E-state index contributed by atoms with van der Waals surface area (Å²) in [5.74, 6) is 0. The van der Waals surface area contributed by atoms with Crippen LogP contribution in [0.25, 0.3) is 10.9 Å². The van der Waals surface area contributed by atoms with Crippen molar-refractivity contribution in [3.63, 3.8) is 0 Å². The lowest BCUT2D eigenvalue weighted by Gasteiger charge is -2.28. The maximum Gasteiger partial charge on any atom is 0.0738 e. The fourth-order valence-corrected chi connectivity index (χ4v) is 3.33. The van der Waals surface area contributed by atoms with Gasteiger partial charge < -0.3 is 9.64 Å². The minimum atomic E-state index is 0.673. The predicted molar refractivity (Wildman–Crippen MR) is 112 cm³/mol. The van der Waals surface area contributed by atoms with Crippen LogP contribution in [0.3, 0.4) is 0 Å². The highest BCUT2D eigenvalue weighted by atomic mass is 35.5. The summed E-state index contributed by atoms with van der Waals surface area (Å²) < 4.78 is 5.41. The van der Waals surface area contributed by atoms with Gasteiger partial charge in [0, 0.05) is 35.4 Å². The largest absolute Gasteiger partial charge is 0.378 e. The van der Waals surface area contributed by atoms with Gasteiger partial charge in [0.1, 0.15) is 0 Å². The van der Waals surface area contributed by atoms with Gasteiger partial charge in [-0.1, -0.05) is 23.7 Å². The number of pyridine rings is 1. The molecule has 2 aromatic carbocycles. The molecule has 3 aromatic rings. The number of halogens is 1. The number of anilines is 2. The first-order valence-electron chi connectivity index (χ1n) is 8.98. The van der Waals surface area contributed by atoms with Gasteiger partial charge in [-0.2, -0.15) is 5.10 Å². The van der Waals surface area contributed by atoms with Crippen LogP contribution < -0.4 is 10.3 Å². The summed E-state index contributed by atoms with van der Waals surface area (Å²) in [6.07, 6.45) is 1.75. The summed E-state index contributed by atoms with van der Waals surface area (Å²) >= 11 is 6.05. The normalized spacial score (nSPS) is 15.2. The molecular formula is C21H21ClN4O. The molecule has 0 radical (unpaired) electrons. The Morgan fingerprint density at radius 3 is 2.67 bits per heavy atom. The summed E-state index contributed by atoms with van der Waals surface area (Å²) in [5.41, 5.74) is 8.13. The van der Waals surface area contributed by atoms with E-state index in [1.165, 1.54) is 5.69 Å². The van der Waals surface area contributed by atoms with Crippen molar-refractivity contribution >= 4 is 39.6 Å². The van der Waals surface area contributed by atoms with Crippen LogP contribution in [-0.2, 0) is 4.74 Å². The number of rotatable bonds is 4. The van der Waals surface area contributed by atoms with Crippen LogP contribution in [0.4, 0.5) is 11.4 Å². The van der Waals surface area contributed by atoms with Gasteiger partial charge in [0.25, 0.3) is 0 Å². The molecule has 2 heterocycles. The van der Waals surface area contributed by atoms with Crippen molar-refractivity contribution in [2.75, 3.05) is 36.6 Å². The standard InChI is InChI=1S/C21H21ClN4O/c1-15(16-2-5-18(6-3-16)26-10-12-27-13-11-26)24-25-20-8-9-23-21-14-17(22)4-7-19(20)21/h2-9,14H,10-13H2,1H3,(H,23,25). The first-order valence-corrected chi connectivity index (χ1v) is 9.36. The number of nitrogens with one attached hydrogen (secondary N) is 1. The Morgan fingerprint density at radius 1 is 1.11 bits per heavy atom. The quantitative estimate of drug-likeness (QED) is 0.532. The molecule has 0 atom stereocenters. The van der Waals surface area contributed by atoms with E-state index in [2.05, 4.69) is 44.7 Å². The van der Waals surface area contributed by atoms with Gasteiger partial charge in [0.05, 0.1) is 30.1 Å². The summed E-state index contributed by atoms with van der Waals surface area (Å²) in [7, 11) is 0. The molecule has 1 fully saturated rings. The van der Waals surface area contributed by atoms with Gasteiger partial charge in [-0.3, -0.25) is 10.4 Å². The van der Waals surface area contributed by atoms with Crippen molar-refractivity contribution in [1.29, 1.82) is 0 Å². The van der Waals surface area contributed by atoms with Crippen LogP contribution in [0, 0.1) is 0 Å². The zero-order valence-corrected chi connectivity index (χ0v) is 15.9. The van der Waals surface area contributed by atoms with E-state index in [-0.39, 0.29) is 0 Å². The lowest BCUT2D eigenvalue weighted by atomic mass is 10.1. The number of hydrazone groups is 1. The van der Waals surface area contributed by atoms with Crippen molar-refractivity contribution < 1.29 is 4.74 Å². The fourth-order valence-electron chi connectivity index (χ4n) is 3.16. The third-order valence-corrected chi connectivity index (χ3v) is 4.95. The van der Waals surface area contributed by atoms with Crippen LogP contribution in [0.1, 0.15) is 12.5 Å². The maximum absolute atomic E-state index is 6.05. The third-order valence-electron chi connectivity index (χ3n) is 4.71. The fraction of sp³-hybridized carbons (Fsp3) is 0.238. The number of nitrogens with zero attached hydrogens (tertiary/aromatic N) is 3. The Kier molecular flexibility index (Phi) is 5.23. The molecule has 4 rings (SSSR count). The lowest BCUT2D eigenvalue weighted by molar-refractivity contribution is 0.122. The first-order chi connectivity index (χ1) is 13.2.